The Morgan fingerprint density at radius 3 is 1.17 bits per heavy atom. The predicted octanol–water partition coefficient (Wildman–Crippen LogP) is 29.0. The van der Waals surface area contributed by atoms with E-state index in [1.54, 1.807) is 28.4 Å². The second-order valence-electron chi connectivity index (χ2n) is 34.4. The standard InChI is InChI=1S/C62H74O8.C25H32Br2O4.C15H21Br2NO3.C10H10/c1-8-13-48-15-17-51(18-16-48)27-30-54-31-28-53(46-59(54)68-38-9-10-39-69-60(63)70-61(3,4)5)26-24-50-21-19-49(20-22-50)23-25-52-29-33-56-55-32-14-47(2)44-57(55)62(58(56)45-52,34-11-36-66-42-40-64-6)35-12-37-67-43-41-65-7;1-28-13-15-30-11-3-9-25(10-4-12-31-16-14-29-2)23-17-19(26)5-7-21(23)22-8-6-20(27)18-24(22)25;1-15(2,3)21-14(19)18-6-4-5-7-20-13-9-11(16)8-12(17)10-13;1-3-9-5-7-10(4-2)8-6-9/h8,13-33,44-46H,9-12,34-43H2,1-7H3;5-8,17-18H,3-4,9-16H2,1-2H3;8-10H,4-7H2,1-3H3,(H,18,19);3-8H,1-2H2/b13-8+,25-23+,26-24+,30-27+;;;. The Labute approximate surface area is 820 Å². The van der Waals surface area contributed by atoms with Gasteiger partial charge in [0.1, 0.15) is 22.7 Å². The molecule has 132 heavy (non-hydrogen) atoms. The van der Waals surface area contributed by atoms with Gasteiger partial charge in [-0.1, -0.05) is 277 Å². The van der Waals surface area contributed by atoms with Gasteiger partial charge in [-0.05, 0) is 270 Å². The molecule has 2 aliphatic carbocycles. The van der Waals surface area contributed by atoms with Gasteiger partial charge in [-0.25, -0.2) is 9.59 Å². The summed E-state index contributed by atoms with van der Waals surface area (Å²) in [5.41, 5.74) is 21.0. The molecule has 708 valence electrons. The maximum absolute atomic E-state index is 12.0. The summed E-state index contributed by atoms with van der Waals surface area (Å²) in [6.45, 7) is 32.3. The summed E-state index contributed by atoms with van der Waals surface area (Å²) >= 11 is 14.3. The zero-order chi connectivity index (χ0) is 95.0. The number of nitrogens with one attached hydrogen (secondary N) is 1. The molecule has 0 saturated carbocycles. The number of carbonyl (C=O) groups is 2. The highest BCUT2D eigenvalue weighted by Gasteiger charge is 2.44. The van der Waals surface area contributed by atoms with Crippen LogP contribution in [0.25, 0.3) is 76.9 Å². The second kappa shape index (κ2) is 58.4. The number of hydrogen-bond donors (Lipinski definition) is 1. The number of carbonyl (C=O) groups excluding carboxylic acids is 2. The Morgan fingerprint density at radius 2 is 0.727 bits per heavy atom. The first-order chi connectivity index (χ1) is 63.7. The van der Waals surface area contributed by atoms with Gasteiger partial charge < -0.3 is 66.9 Å². The summed E-state index contributed by atoms with van der Waals surface area (Å²) in [7, 11) is 6.83. The Balaban J connectivity index is 0.000000279. The first-order valence-electron chi connectivity index (χ1n) is 45.8. The van der Waals surface area contributed by atoms with Crippen molar-refractivity contribution in [1.82, 2.24) is 5.32 Å². The fourth-order valence-electron chi connectivity index (χ4n) is 15.6. The van der Waals surface area contributed by atoms with E-state index in [1.165, 1.54) is 61.2 Å². The van der Waals surface area contributed by atoms with Crippen molar-refractivity contribution in [3.05, 3.63) is 297 Å². The lowest BCUT2D eigenvalue weighted by atomic mass is 9.71. The van der Waals surface area contributed by atoms with Crippen molar-refractivity contribution in [3.8, 4) is 33.8 Å². The van der Waals surface area contributed by atoms with Crippen molar-refractivity contribution in [2.45, 2.75) is 154 Å². The highest BCUT2D eigenvalue weighted by molar-refractivity contribution is 9.11. The van der Waals surface area contributed by atoms with Crippen molar-refractivity contribution in [2.24, 2.45) is 0 Å². The van der Waals surface area contributed by atoms with E-state index in [0.29, 0.717) is 92.2 Å². The number of rotatable bonds is 49. The van der Waals surface area contributed by atoms with Gasteiger partial charge in [0, 0.05) is 95.7 Å². The normalized spacial score (nSPS) is 12.7. The van der Waals surface area contributed by atoms with E-state index in [4.69, 9.17) is 61.6 Å². The van der Waals surface area contributed by atoms with E-state index in [0.717, 1.165) is 152 Å². The highest BCUT2D eigenvalue weighted by Crippen LogP contribution is 2.56. The molecule has 0 heterocycles. The molecular formula is C112H137Br4NO15. The molecule has 0 bridgehead atoms. The Hall–Kier alpha value is -8.84. The Morgan fingerprint density at radius 1 is 0.356 bits per heavy atom. The lowest BCUT2D eigenvalue weighted by molar-refractivity contribution is -0.00800. The minimum atomic E-state index is -0.649. The molecule has 9 aromatic carbocycles. The first kappa shape index (κ1) is 108. The number of methoxy groups -OCH3 is 4. The summed E-state index contributed by atoms with van der Waals surface area (Å²) in [4.78, 5) is 23.4. The quantitative estimate of drug-likeness (QED) is 0.0217. The molecule has 0 fully saturated rings. The van der Waals surface area contributed by atoms with Crippen LogP contribution in [0.2, 0.25) is 0 Å². The van der Waals surface area contributed by atoms with E-state index in [1.807, 2.05) is 109 Å². The van der Waals surface area contributed by atoms with Crippen LogP contribution in [0.3, 0.4) is 0 Å². The summed E-state index contributed by atoms with van der Waals surface area (Å²) < 4.78 is 76.1. The molecule has 11 rings (SSSR count). The maximum atomic E-state index is 12.0. The lowest BCUT2D eigenvalue weighted by Gasteiger charge is -2.33. The Bertz CT molecular complexity index is 4990. The fraction of sp³-hybridized carbons (Fsp3) is 0.393. The zero-order valence-electron chi connectivity index (χ0n) is 79.4. The van der Waals surface area contributed by atoms with Gasteiger partial charge in [0.15, 0.2) is 0 Å². The first-order valence-corrected chi connectivity index (χ1v) is 49.0. The third kappa shape index (κ3) is 37.4. The Kier molecular flexibility index (Phi) is 48.0. The van der Waals surface area contributed by atoms with Gasteiger partial charge in [0.25, 0.3) is 0 Å². The van der Waals surface area contributed by atoms with Crippen LogP contribution in [0.4, 0.5) is 9.59 Å². The number of fused-ring (bicyclic) bond motifs is 6. The summed E-state index contributed by atoms with van der Waals surface area (Å²) in [5, 5.41) is 2.72. The molecule has 1 amide bonds. The number of benzene rings is 9. The average Bonchev–Trinajstić information content (AvgIpc) is 1.57. The number of allylic oxidation sites excluding steroid dienone is 1. The van der Waals surface area contributed by atoms with Gasteiger partial charge in [-0.15, -0.1) is 0 Å². The van der Waals surface area contributed by atoms with Crippen LogP contribution in [-0.2, 0) is 62.9 Å². The summed E-state index contributed by atoms with van der Waals surface area (Å²) in [6, 6.07) is 64.6. The maximum Gasteiger partial charge on any atom is 0.508 e. The molecule has 0 saturated heterocycles. The van der Waals surface area contributed by atoms with Gasteiger partial charge >= 0.3 is 12.2 Å². The molecular weight excluding hydrogens is 1920 g/mol. The van der Waals surface area contributed by atoms with Crippen molar-refractivity contribution in [2.75, 3.05) is 134 Å². The van der Waals surface area contributed by atoms with E-state index >= 15 is 0 Å². The SMILES string of the molecule is C/C=C/c1ccc(/C=C/c2ccc(/C=C/c3ccc(/C=C/c4ccc5c(c4)C(CCCOCCOC)(CCCOCCOC)c4cc(C)ccc4-5)cc3)cc2OCCCCOC(=O)OC(C)(C)C)cc1.C=Cc1ccc(C=C)cc1.CC(C)(C)OC(=O)NCCCCOc1cc(Br)cc(Br)c1.COCCOCCCC1(CCCOCCOC)c2cc(Br)ccc2-c2ccc(Br)cc21. The smallest absolute Gasteiger partial charge is 0.494 e. The third-order valence-corrected chi connectivity index (χ3v) is 23.8. The number of unbranched alkanes of at least 4 members (excludes halogenated alkanes) is 2. The molecule has 0 unspecified atom stereocenters. The lowest BCUT2D eigenvalue weighted by Crippen LogP contribution is -2.33. The van der Waals surface area contributed by atoms with Crippen molar-refractivity contribution in [1.29, 1.82) is 0 Å². The van der Waals surface area contributed by atoms with E-state index in [-0.39, 0.29) is 23.5 Å². The van der Waals surface area contributed by atoms with E-state index in [9.17, 15) is 9.59 Å². The largest absolute Gasteiger partial charge is 0.508 e. The molecule has 0 radical (unpaired) electrons. The molecule has 1 N–H and O–H groups in total. The van der Waals surface area contributed by atoms with Crippen molar-refractivity contribution >= 4 is 131 Å². The molecule has 2 aliphatic rings. The number of hydrogen-bond acceptors (Lipinski definition) is 15. The minimum absolute atomic E-state index is 0.0482. The number of alkyl carbamates (subject to hydrolysis) is 1. The molecule has 0 aliphatic heterocycles. The van der Waals surface area contributed by atoms with Crippen LogP contribution in [0, 0.1) is 6.92 Å². The van der Waals surface area contributed by atoms with Gasteiger partial charge in [0.2, 0.25) is 0 Å². The number of halogens is 4. The van der Waals surface area contributed by atoms with Gasteiger partial charge in [0.05, 0.1) is 72.7 Å². The number of aryl methyl sites for hydroxylation is 1. The molecule has 0 aromatic heterocycles. The molecule has 0 spiro atoms. The summed E-state index contributed by atoms with van der Waals surface area (Å²) in [6.07, 6.45) is 30.6. The van der Waals surface area contributed by atoms with Crippen LogP contribution in [0.1, 0.15) is 203 Å². The van der Waals surface area contributed by atoms with Crippen LogP contribution in [0.5, 0.6) is 11.5 Å². The van der Waals surface area contributed by atoms with Crippen LogP contribution >= 0.6 is 63.7 Å². The molecule has 9 aromatic rings. The second-order valence-corrected chi connectivity index (χ2v) is 38.1. The minimum Gasteiger partial charge on any atom is -0.494 e. The number of amides is 1. The summed E-state index contributed by atoms with van der Waals surface area (Å²) in [5.74, 6) is 1.61. The van der Waals surface area contributed by atoms with Crippen molar-refractivity contribution < 1.29 is 71.2 Å². The van der Waals surface area contributed by atoms with E-state index < -0.39 is 17.4 Å². The van der Waals surface area contributed by atoms with Gasteiger partial charge in [-0.3, -0.25) is 0 Å². The average molecular weight is 2060 g/mol. The third-order valence-electron chi connectivity index (χ3n) is 21.9. The van der Waals surface area contributed by atoms with Gasteiger partial charge in [-0.2, -0.15) is 0 Å². The van der Waals surface area contributed by atoms with Crippen LogP contribution in [0.15, 0.2) is 219 Å². The van der Waals surface area contributed by atoms with Crippen molar-refractivity contribution in [3.63, 3.8) is 0 Å². The number of ether oxygens (including phenoxy) is 13. The van der Waals surface area contributed by atoms with Crippen LogP contribution in [-0.4, -0.2) is 158 Å². The molecule has 0 atom stereocenters. The molecule has 16 nitrogen and oxygen atoms in total. The van der Waals surface area contributed by atoms with Crippen LogP contribution < -0.4 is 14.8 Å². The topological polar surface area (TPSA) is 166 Å². The zero-order valence-corrected chi connectivity index (χ0v) is 85.8. The fourth-order valence-corrected chi connectivity index (χ4v) is 17.6. The van der Waals surface area contributed by atoms with E-state index in [2.05, 4.69) is 271 Å². The predicted molar refractivity (Wildman–Crippen MR) is 558 cm³/mol. The molecule has 20 heteroatoms. The highest BCUT2D eigenvalue weighted by atomic mass is 79.9. The monoisotopic (exact) mass is 2050 g/mol.